The van der Waals surface area contributed by atoms with Crippen LogP contribution >= 0.6 is 15.9 Å². The summed E-state index contributed by atoms with van der Waals surface area (Å²) < 4.78 is 53.9. The van der Waals surface area contributed by atoms with Crippen LogP contribution in [0.5, 0.6) is 0 Å². The smallest absolute Gasteiger partial charge is 0.424 e. The van der Waals surface area contributed by atoms with Gasteiger partial charge in [0.25, 0.3) is 20.0 Å². The van der Waals surface area contributed by atoms with Crippen LogP contribution in [0.25, 0.3) is 40.6 Å². The molecule has 0 aliphatic carbocycles. The van der Waals surface area contributed by atoms with Gasteiger partial charge in [0.1, 0.15) is 15.6 Å². The van der Waals surface area contributed by atoms with Crippen LogP contribution in [0.3, 0.4) is 0 Å². The summed E-state index contributed by atoms with van der Waals surface area (Å²) in [6.45, 7) is 3.82. The standard InChI is InChI=1S/C21H17N3O2S.C13H10BrN3O2S.C8H9BO2/c1-16-7-11-19(12-8-16)27(25,26)24-14-13-20-21(24)22-15-18(23-20)10-9-17-5-3-2-4-6-17;1-9-2-4-10(5-3-9)20(18,19)17-7-6-11-13(17)15-8-12(14)16-11;10-9(11)7-6-8-4-2-1-3-5-8/h2-15H,1H3;2-8H,1H3;1-7,10-11H/b10-9+;;7-6+. The lowest BCUT2D eigenvalue weighted by Crippen LogP contribution is -2.12. The van der Waals surface area contributed by atoms with Gasteiger partial charge < -0.3 is 10.0 Å². The molecule has 16 heteroatoms. The Kier molecular flexibility index (Phi) is 13.3. The highest BCUT2D eigenvalue weighted by molar-refractivity contribution is 9.10. The first-order chi connectivity index (χ1) is 27.8. The van der Waals surface area contributed by atoms with Gasteiger partial charge in [-0.2, -0.15) is 0 Å². The monoisotopic (exact) mass is 874 g/mol. The second-order valence-electron chi connectivity index (χ2n) is 12.7. The lowest BCUT2D eigenvalue weighted by atomic mass is 9.91. The summed E-state index contributed by atoms with van der Waals surface area (Å²) >= 11 is 3.21. The predicted molar refractivity (Wildman–Crippen MR) is 231 cm³/mol. The zero-order chi connectivity index (χ0) is 41.3. The molecule has 2 N–H and O–H groups in total. The first kappa shape index (κ1) is 41.6. The van der Waals surface area contributed by atoms with E-state index in [0.29, 0.717) is 32.6 Å². The van der Waals surface area contributed by atoms with Crippen LogP contribution < -0.4 is 0 Å². The van der Waals surface area contributed by atoms with Crippen molar-refractivity contribution in [2.45, 2.75) is 23.6 Å². The van der Waals surface area contributed by atoms with E-state index in [0.717, 1.165) is 26.2 Å². The Morgan fingerprint density at radius 1 is 0.569 bits per heavy atom. The lowest BCUT2D eigenvalue weighted by molar-refractivity contribution is 0.424. The molecule has 4 aromatic heterocycles. The van der Waals surface area contributed by atoms with Crippen LogP contribution in [-0.4, -0.2) is 61.9 Å². The second-order valence-corrected chi connectivity index (χ2v) is 17.1. The van der Waals surface area contributed by atoms with Crippen LogP contribution in [0.4, 0.5) is 0 Å². The fourth-order valence-corrected chi connectivity index (χ4v) is 8.28. The van der Waals surface area contributed by atoms with Crippen molar-refractivity contribution in [3.8, 4) is 0 Å². The third kappa shape index (κ3) is 10.3. The Morgan fingerprint density at radius 2 is 1.02 bits per heavy atom. The summed E-state index contributed by atoms with van der Waals surface area (Å²) in [7, 11) is -8.73. The fourth-order valence-electron chi connectivity index (χ4n) is 5.39. The summed E-state index contributed by atoms with van der Waals surface area (Å²) in [4.78, 5) is 17.6. The first-order valence-electron chi connectivity index (χ1n) is 17.6. The largest absolute Gasteiger partial charge is 0.480 e. The van der Waals surface area contributed by atoms with Gasteiger partial charge in [-0.15, -0.1) is 0 Å². The van der Waals surface area contributed by atoms with E-state index in [1.54, 1.807) is 72.9 Å². The van der Waals surface area contributed by atoms with Gasteiger partial charge in [-0.3, -0.25) is 0 Å². The van der Waals surface area contributed by atoms with Gasteiger partial charge in [-0.25, -0.2) is 44.7 Å². The van der Waals surface area contributed by atoms with E-state index >= 15 is 0 Å². The minimum Gasteiger partial charge on any atom is -0.424 e. The number of hydrogen-bond donors (Lipinski definition) is 2. The molecule has 8 rings (SSSR count). The SMILES string of the molecule is Cc1ccc(S(=O)(=O)n2ccc3nc(/C=C/c4ccccc4)cnc32)cc1.Cc1ccc(S(=O)(=O)n2ccc3nc(Br)cnc32)cc1.OB(O)/C=C/c1ccccc1. The van der Waals surface area contributed by atoms with Crippen molar-refractivity contribution in [2.75, 3.05) is 0 Å². The zero-order valence-corrected chi connectivity index (χ0v) is 34.4. The number of fused-ring (bicyclic) bond motifs is 2. The average Bonchev–Trinajstić information content (AvgIpc) is 3.86. The van der Waals surface area contributed by atoms with Crippen molar-refractivity contribution < 1.29 is 26.9 Å². The maximum atomic E-state index is 12.9. The van der Waals surface area contributed by atoms with Gasteiger partial charge in [0, 0.05) is 12.4 Å². The Labute approximate surface area is 344 Å². The molecule has 0 atom stereocenters. The van der Waals surface area contributed by atoms with Crippen LogP contribution in [0.1, 0.15) is 27.9 Å². The summed E-state index contributed by atoms with van der Waals surface area (Å²) in [5.74, 6) is 1.31. The summed E-state index contributed by atoms with van der Waals surface area (Å²) in [6.07, 6.45) is 11.5. The molecule has 8 aromatic rings. The molecule has 0 aliphatic heterocycles. The number of aromatic nitrogens is 6. The molecule has 0 saturated heterocycles. The van der Waals surface area contributed by atoms with Crippen LogP contribution in [0.15, 0.2) is 166 Å². The van der Waals surface area contributed by atoms with Gasteiger partial charge in [0.15, 0.2) is 11.3 Å². The lowest BCUT2D eigenvalue weighted by Gasteiger charge is -2.07. The van der Waals surface area contributed by atoms with Crippen molar-refractivity contribution in [3.05, 3.63) is 185 Å². The zero-order valence-electron chi connectivity index (χ0n) is 31.1. The highest BCUT2D eigenvalue weighted by atomic mass is 79.9. The van der Waals surface area contributed by atoms with E-state index in [1.165, 1.54) is 28.5 Å². The maximum absolute atomic E-state index is 12.9. The van der Waals surface area contributed by atoms with E-state index < -0.39 is 27.2 Å². The fraction of sp³-hybridized carbons (Fsp3) is 0.0476. The quantitative estimate of drug-likeness (QED) is 0.145. The van der Waals surface area contributed by atoms with E-state index in [2.05, 4.69) is 35.9 Å². The van der Waals surface area contributed by atoms with Gasteiger partial charge in [0.2, 0.25) is 0 Å². The minimum absolute atomic E-state index is 0.223. The van der Waals surface area contributed by atoms with E-state index in [4.69, 9.17) is 10.0 Å². The second kappa shape index (κ2) is 18.5. The van der Waals surface area contributed by atoms with Gasteiger partial charge in [0.05, 0.1) is 27.9 Å². The first-order valence-corrected chi connectivity index (χ1v) is 21.3. The molecule has 0 radical (unpaired) electrons. The highest BCUT2D eigenvalue weighted by Gasteiger charge is 2.21. The molecule has 0 fully saturated rings. The number of aryl methyl sites for hydroxylation is 2. The molecule has 0 bridgehead atoms. The van der Waals surface area contributed by atoms with Crippen molar-refractivity contribution in [1.82, 2.24) is 27.9 Å². The van der Waals surface area contributed by atoms with Gasteiger partial charge in [-0.1, -0.05) is 114 Å². The molecule has 4 aromatic carbocycles. The Morgan fingerprint density at radius 3 is 1.50 bits per heavy atom. The Balaban J connectivity index is 0.000000160. The van der Waals surface area contributed by atoms with E-state index in [1.807, 2.05) is 86.7 Å². The van der Waals surface area contributed by atoms with E-state index in [9.17, 15) is 16.8 Å². The molecule has 0 saturated carbocycles. The highest BCUT2D eigenvalue weighted by Crippen LogP contribution is 2.22. The molecule has 0 spiro atoms. The van der Waals surface area contributed by atoms with Gasteiger partial charge in [-0.05, 0) is 83.4 Å². The number of nitrogens with zero attached hydrogens (tertiary/aromatic N) is 6. The van der Waals surface area contributed by atoms with Crippen molar-refractivity contribution in [1.29, 1.82) is 0 Å². The normalized spacial score (nSPS) is 11.7. The summed E-state index contributed by atoms with van der Waals surface area (Å²) in [5, 5.41) is 17.0. The van der Waals surface area contributed by atoms with Crippen LogP contribution in [0.2, 0.25) is 0 Å². The van der Waals surface area contributed by atoms with Crippen LogP contribution in [-0.2, 0) is 20.0 Å². The van der Waals surface area contributed by atoms with Crippen LogP contribution in [0, 0.1) is 13.8 Å². The number of rotatable bonds is 8. The molecule has 0 aliphatic rings. The Bertz CT molecular complexity index is 2920. The number of benzene rings is 4. The predicted octanol–water partition coefficient (Wildman–Crippen LogP) is 7.60. The van der Waals surface area contributed by atoms with E-state index in [-0.39, 0.29) is 9.79 Å². The number of halogens is 1. The van der Waals surface area contributed by atoms with Crippen molar-refractivity contribution in [3.63, 3.8) is 0 Å². The molecule has 12 nitrogen and oxygen atoms in total. The molecule has 0 amide bonds. The third-order valence-electron chi connectivity index (χ3n) is 8.36. The topological polar surface area (TPSA) is 170 Å². The summed E-state index contributed by atoms with van der Waals surface area (Å²) in [5.41, 5.74) is 6.36. The molecule has 0 unspecified atom stereocenters. The summed E-state index contributed by atoms with van der Waals surface area (Å²) in [6, 6.07) is 36.1. The minimum atomic E-state index is -3.71. The molecule has 292 valence electrons. The van der Waals surface area contributed by atoms with Crippen molar-refractivity contribution in [2.24, 2.45) is 0 Å². The molecular formula is C42H36BBrN6O6S2. The van der Waals surface area contributed by atoms with Crippen molar-refractivity contribution >= 4 is 83.7 Å². The molecule has 58 heavy (non-hydrogen) atoms. The Hall–Kier alpha value is -6.04. The molecule has 4 heterocycles. The maximum Gasteiger partial charge on any atom is 0.480 e. The molecular weight excluding hydrogens is 839 g/mol. The number of hydrogen-bond acceptors (Lipinski definition) is 10. The average molecular weight is 876 g/mol. The third-order valence-corrected chi connectivity index (χ3v) is 12.1. The van der Waals surface area contributed by atoms with Gasteiger partial charge >= 0.3 is 7.12 Å².